The van der Waals surface area contributed by atoms with Crippen LogP contribution in [0.25, 0.3) is 0 Å². The fourth-order valence-corrected chi connectivity index (χ4v) is 0.643. The van der Waals surface area contributed by atoms with Gasteiger partial charge in [-0.05, 0) is 6.07 Å². The average molecular weight is 169 g/mol. The van der Waals surface area contributed by atoms with Gasteiger partial charge in [0.05, 0.1) is 12.6 Å². The second kappa shape index (κ2) is 5.15. The zero-order chi connectivity index (χ0) is 9.56. The Morgan fingerprint density at radius 2 is 1.92 bits per heavy atom. The number of carboxylic acids is 1. The Morgan fingerprint density at radius 1 is 1.42 bits per heavy atom. The standard InChI is InChI=1S/C7H6O3.CH5N/c8-6-4-2-1-3-5(6)7(9)10;1-2/h1-4,8H,(H,9,10);2H2,1H3. The Bertz CT molecular complexity index is 260. The van der Waals surface area contributed by atoms with Crippen LogP contribution in [0.1, 0.15) is 10.4 Å². The molecule has 1 aromatic carbocycles. The summed E-state index contributed by atoms with van der Waals surface area (Å²) in [6, 6.07) is 5.54. The normalized spacial score (nSPS) is 8.17. The van der Waals surface area contributed by atoms with E-state index in [0.29, 0.717) is 0 Å². The van der Waals surface area contributed by atoms with Crippen molar-refractivity contribution in [1.82, 2.24) is 0 Å². The summed E-state index contributed by atoms with van der Waals surface area (Å²) < 4.78 is 0. The van der Waals surface area contributed by atoms with Gasteiger partial charge in [-0.1, -0.05) is 23.9 Å². The molecule has 0 aliphatic heterocycles. The number of aromatic carboxylic acids is 1. The molecule has 0 radical (unpaired) electrons. The highest BCUT2D eigenvalue weighted by Crippen LogP contribution is 2.10. The van der Waals surface area contributed by atoms with Crippen molar-refractivity contribution in [3.63, 3.8) is 0 Å². The predicted molar refractivity (Wildman–Crippen MR) is 41.7 cm³/mol. The summed E-state index contributed by atoms with van der Waals surface area (Å²) in [5.41, 5.74) is 3.07. The maximum atomic E-state index is 10.7. The molecule has 0 heterocycles. The first-order chi connectivity index (χ1) is 5.72. The zero-order valence-electron chi connectivity index (χ0n) is 6.78. The highest BCUT2D eigenvalue weighted by molar-refractivity contribution is 5.90. The van der Waals surface area contributed by atoms with Gasteiger partial charge in [-0.15, -0.1) is 0 Å². The molecule has 0 aliphatic carbocycles. The van der Waals surface area contributed by atoms with Gasteiger partial charge in [0.2, 0.25) is 0 Å². The fourth-order valence-electron chi connectivity index (χ4n) is 0.643. The molecule has 0 saturated carbocycles. The molecular formula is C8H11NO3. The number of rotatable bonds is 1. The van der Waals surface area contributed by atoms with Crippen molar-refractivity contribution in [2.45, 2.75) is 0 Å². The third kappa shape index (κ3) is 2.59. The second-order valence-corrected chi connectivity index (χ2v) is 1.80. The van der Waals surface area contributed by atoms with Crippen LogP contribution in [0.15, 0.2) is 24.3 Å². The predicted octanol–water partition coefficient (Wildman–Crippen LogP) is -0.683. The number of carbonyl (C=O) groups is 1. The summed E-state index contributed by atoms with van der Waals surface area (Å²) in [6.45, 7) is 0. The van der Waals surface area contributed by atoms with Gasteiger partial charge >= 0.3 is 5.97 Å². The smallest absolute Gasteiger partial charge is 0.335 e. The Hall–Kier alpha value is -1.55. The van der Waals surface area contributed by atoms with Crippen molar-refractivity contribution in [3.05, 3.63) is 29.8 Å². The first-order valence-electron chi connectivity index (χ1n) is 3.42. The van der Waals surface area contributed by atoms with Gasteiger partial charge in [-0.2, -0.15) is 0 Å². The quantitative estimate of drug-likeness (QED) is 0.583. The number of carboxylic acid groups (broad SMARTS) is 1. The minimum Gasteiger partial charge on any atom is -0.872 e. The Labute approximate surface area is 70.3 Å². The Balaban J connectivity index is 0.000000561. The van der Waals surface area contributed by atoms with Crippen molar-refractivity contribution in [2.75, 3.05) is 7.05 Å². The van der Waals surface area contributed by atoms with Gasteiger partial charge in [-0.25, -0.2) is 4.79 Å². The van der Waals surface area contributed by atoms with E-state index in [-0.39, 0.29) is 5.56 Å². The number of para-hydroxylation sites is 1. The second-order valence-electron chi connectivity index (χ2n) is 1.80. The molecule has 0 atom stereocenters. The van der Waals surface area contributed by atoms with Crippen LogP contribution in [0.5, 0.6) is 5.75 Å². The lowest BCUT2D eigenvalue weighted by atomic mass is 10.2. The maximum absolute atomic E-state index is 10.7. The molecule has 66 valence electrons. The topological polar surface area (TPSA) is 88.0 Å². The van der Waals surface area contributed by atoms with Gasteiger partial charge in [-0.3, -0.25) is 0 Å². The molecule has 0 saturated heterocycles. The van der Waals surface area contributed by atoms with Crippen LogP contribution in [0.3, 0.4) is 0 Å². The largest absolute Gasteiger partial charge is 0.872 e. The Morgan fingerprint density at radius 3 is 2.25 bits per heavy atom. The number of hydrogen-bond donors (Lipinski definition) is 2. The van der Waals surface area contributed by atoms with Crippen LogP contribution in [0, 0.1) is 0 Å². The summed E-state index contributed by atoms with van der Waals surface area (Å²) in [5, 5.41) is 19.0. The van der Waals surface area contributed by atoms with Gasteiger partial charge in [0, 0.05) is 0 Å². The molecule has 1 rings (SSSR count). The molecule has 4 heteroatoms. The van der Waals surface area contributed by atoms with E-state index >= 15 is 0 Å². The van der Waals surface area contributed by atoms with Crippen LogP contribution in [-0.4, -0.2) is 18.1 Å². The van der Waals surface area contributed by atoms with Crippen molar-refractivity contribution in [3.8, 4) is 5.75 Å². The van der Waals surface area contributed by atoms with E-state index in [1.165, 1.54) is 24.3 Å². The first-order valence-corrected chi connectivity index (χ1v) is 3.42. The highest BCUT2D eigenvalue weighted by Gasteiger charge is 1.99. The van der Waals surface area contributed by atoms with E-state index in [0.717, 1.165) is 0 Å². The van der Waals surface area contributed by atoms with Crippen LogP contribution in [0.4, 0.5) is 0 Å². The summed E-state index contributed by atoms with van der Waals surface area (Å²) in [5.74, 6) is -1.62. The SMILES string of the molecule is C[NH3+].O=C(O)c1ccccc1[O-]. The summed E-state index contributed by atoms with van der Waals surface area (Å²) in [7, 11) is 1.75. The van der Waals surface area contributed by atoms with E-state index in [1.54, 1.807) is 7.05 Å². The van der Waals surface area contributed by atoms with Gasteiger partial charge in [0.25, 0.3) is 0 Å². The molecular weight excluding hydrogens is 158 g/mol. The Kier molecular flexibility index (Phi) is 4.48. The van der Waals surface area contributed by atoms with E-state index in [9.17, 15) is 9.90 Å². The molecule has 4 N–H and O–H groups in total. The van der Waals surface area contributed by atoms with Crippen LogP contribution >= 0.6 is 0 Å². The summed E-state index contributed by atoms with van der Waals surface area (Å²) >= 11 is 0. The molecule has 0 amide bonds. The molecule has 0 aromatic heterocycles. The number of quaternary nitrogens is 1. The molecule has 0 fully saturated rings. The third-order valence-corrected chi connectivity index (χ3v) is 1.12. The molecule has 4 nitrogen and oxygen atoms in total. The lowest BCUT2D eigenvalue weighted by Crippen LogP contribution is -2.40. The van der Waals surface area contributed by atoms with Gasteiger partial charge in [0.15, 0.2) is 0 Å². The molecule has 0 spiro atoms. The van der Waals surface area contributed by atoms with Crippen LogP contribution in [0.2, 0.25) is 0 Å². The highest BCUT2D eigenvalue weighted by atomic mass is 16.4. The molecule has 0 aliphatic rings. The van der Waals surface area contributed by atoms with Crippen LogP contribution in [-0.2, 0) is 0 Å². The summed E-state index contributed by atoms with van der Waals surface area (Å²) in [4.78, 5) is 10.2. The lowest BCUT2D eigenvalue weighted by molar-refractivity contribution is -0.325. The monoisotopic (exact) mass is 169 g/mol. The third-order valence-electron chi connectivity index (χ3n) is 1.12. The van der Waals surface area contributed by atoms with Crippen molar-refractivity contribution in [2.24, 2.45) is 0 Å². The zero-order valence-corrected chi connectivity index (χ0v) is 6.78. The van der Waals surface area contributed by atoms with Crippen LogP contribution < -0.4 is 10.8 Å². The fraction of sp³-hybridized carbons (Fsp3) is 0.125. The van der Waals surface area contributed by atoms with Crippen molar-refractivity contribution >= 4 is 5.97 Å². The molecule has 12 heavy (non-hydrogen) atoms. The van der Waals surface area contributed by atoms with E-state index in [4.69, 9.17) is 5.11 Å². The average Bonchev–Trinajstić information content (AvgIpc) is 2.08. The van der Waals surface area contributed by atoms with E-state index in [2.05, 4.69) is 5.73 Å². The minimum atomic E-state index is -1.18. The molecule has 0 unspecified atom stereocenters. The van der Waals surface area contributed by atoms with Gasteiger partial charge < -0.3 is 15.9 Å². The maximum Gasteiger partial charge on any atom is 0.335 e. The number of hydrogen-bond acceptors (Lipinski definition) is 2. The first kappa shape index (κ1) is 10.4. The van der Waals surface area contributed by atoms with E-state index in [1.807, 2.05) is 0 Å². The number of benzene rings is 1. The lowest BCUT2D eigenvalue weighted by Gasteiger charge is -2.07. The minimum absolute atomic E-state index is 0.178. The molecule has 0 bridgehead atoms. The van der Waals surface area contributed by atoms with E-state index < -0.39 is 11.7 Å². The summed E-state index contributed by atoms with van der Waals surface area (Å²) in [6.07, 6.45) is 0. The van der Waals surface area contributed by atoms with Crippen molar-refractivity contribution < 1.29 is 20.7 Å². The molecule has 1 aromatic rings. The van der Waals surface area contributed by atoms with Gasteiger partial charge in [0.1, 0.15) is 0 Å². The van der Waals surface area contributed by atoms with Crippen molar-refractivity contribution in [1.29, 1.82) is 0 Å².